The molecule has 1 atom stereocenters. The number of hydrogen-bond donors (Lipinski definition) is 0. The molecule has 3 heteroatoms. The van der Waals surface area contributed by atoms with Gasteiger partial charge in [0.2, 0.25) is 0 Å². The van der Waals surface area contributed by atoms with E-state index in [2.05, 4.69) is 36.7 Å². The highest BCUT2D eigenvalue weighted by atomic mass is 79.9. The Morgan fingerprint density at radius 3 is 2.27 bits per heavy atom. The fourth-order valence-corrected chi connectivity index (χ4v) is 2.71. The van der Waals surface area contributed by atoms with Gasteiger partial charge in [0.25, 0.3) is 0 Å². The lowest BCUT2D eigenvalue weighted by molar-refractivity contribution is 0.0652. The smallest absolute Gasteiger partial charge is 0.0700 e. The number of alkyl halides is 1. The monoisotopic (exact) mass is 280 g/mol. The Bertz CT molecular complexity index is 143. The van der Waals surface area contributed by atoms with E-state index >= 15 is 0 Å². The minimum Gasteiger partial charge on any atom is -0.382 e. The minimum absolute atomic E-state index is 0.385. The quantitative estimate of drug-likeness (QED) is 0.501. The van der Waals surface area contributed by atoms with Gasteiger partial charge in [0, 0.05) is 19.0 Å². The molecule has 0 aliphatic rings. The molecule has 0 radical (unpaired) electrons. The number of halogens is 1. The van der Waals surface area contributed by atoms with Crippen LogP contribution in [0.2, 0.25) is 0 Å². The lowest BCUT2D eigenvalue weighted by atomic mass is 9.79. The molecule has 0 saturated heterocycles. The first-order valence-corrected chi connectivity index (χ1v) is 6.77. The second kappa shape index (κ2) is 8.54. The molecule has 0 heterocycles. The zero-order valence-electron chi connectivity index (χ0n) is 10.5. The lowest BCUT2D eigenvalue weighted by Crippen LogP contribution is -2.22. The summed E-state index contributed by atoms with van der Waals surface area (Å²) in [6.45, 7) is 9.15. The van der Waals surface area contributed by atoms with E-state index in [4.69, 9.17) is 9.47 Å². The first-order chi connectivity index (χ1) is 7.02. The molecular formula is C12H25BrO2. The summed E-state index contributed by atoms with van der Waals surface area (Å²) in [5, 5.41) is 1.08. The number of methoxy groups -OCH3 is 1. The Labute approximate surface area is 103 Å². The SMILES string of the molecule is COCCOCCCC(CBr)C(C)(C)C. The van der Waals surface area contributed by atoms with Crippen LogP contribution in [-0.2, 0) is 9.47 Å². The molecule has 0 rings (SSSR count). The molecule has 0 bridgehead atoms. The van der Waals surface area contributed by atoms with Crippen LogP contribution in [0.3, 0.4) is 0 Å². The summed E-state index contributed by atoms with van der Waals surface area (Å²) >= 11 is 3.58. The molecule has 92 valence electrons. The van der Waals surface area contributed by atoms with E-state index in [0.29, 0.717) is 18.6 Å². The van der Waals surface area contributed by atoms with Crippen molar-refractivity contribution in [2.75, 3.05) is 32.3 Å². The normalized spacial score (nSPS) is 14.2. The van der Waals surface area contributed by atoms with Crippen molar-refractivity contribution in [1.82, 2.24) is 0 Å². The van der Waals surface area contributed by atoms with Gasteiger partial charge in [-0.2, -0.15) is 0 Å². The van der Waals surface area contributed by atoms with Crippen LogP contribution in [0.25, 0.3) is 0 Å². The minimum atomic E-state index is 0.385. The Morgan fingerprint density at radius 1 is 1.13 bits per heavy atom. The van der Waals surface area contributed by atoms with Crippen molar-refractivity contribution in [2.45, 2.75) is 33.6 Å². The summed E-state index contributed by atoms with van der Waals surface area (Å²) in [7, 11) is 1.70. The van der Waals surface area contributed by atoms with Gasteiger partial charge in [0.1, 0.15) is 0 Å². The molecule has 0 aromatic rings. The molecule has 0 spiro atoms. The Hall–Kier alpha value is 0.400. The third-order valence-electron chi connectivity index (χ3n) is 2.68. The van der Waals surface area contributed by atoms with Crippen molar-refractivity contribution in [1.29, 1.82) is 0 Å². The molecule has 1 unspecified atom stereocenters. The van der Waals surface area contributed by atoms with Crippen LogP contribution < -0.4 is 0 Å². The third-order valence-corrected chi connectivity index (χ3v) is 3.47. The zero-order valence-corrected chi connectivity index (χ0v) is 12.1. The van der Waals surface area contributed by atoms with Crippen LogP contribution in [0, 0.1) is 11.3 Å². The number of rotatable bonds is 8. The van der Waals surface area contributed by atoms with Crippen molar-refractivity contribution in [3.8, 4) is 0 Å². The summed E-state index contributed by atoms with van der Waals surface area (Å²) in [5.41, 5.74) is 0.385. The molecular weight excluding hydrogens is 256 g/mol. The maximum Gasteiger partial charge on any atom is 0.0700 e. The average Bonchev–Trinajstić information content (AvgIpc) is 2.15. The highest BCUT2D eigenvalue weighted by Gasteiger charge is 2.22. The Morgan fingerprint density at radius 2 is 1.80 bits per heavy atom. The molecule has 2 nitrogen and oxygen atoms in total. The molecule has 0 aliphatic heterocycles. The fraction of sp³-hybridized carbons (Fsp3) is 1.00. The highest BCUT2D eigenvalue weighted by molar-refractivity contribution is 9.09. The number of hydrogen-bond acceptors (Lipinski definition) is 2. The predicted molar refractivity (Wildman–Crippen MR) is 68.7 cm³/mol. The maximum absolute atomic E-state index is 5.44. The molecule has 0 aromatic heterocycles. The topological polar surface area (TPSA) is 18.5 Å². The van der Waals surface area contributed by atoms with E-state index in [9.17, 15) is 0 Å². The molecule has 0 N–H and O–H groups in total. The molecule has 0 amide bonds. The van der Waals surface area contributed by atoms with E-state index in [1.54, 1.807) is 7.11 Å². The van der Waals surface area contributed by atoms with E-state index in [1.807, 2.05) is 0 Å². The molecule has 0 aliphatic carbocycles. The van der Waals surface area contributed by atoms with Gasteiger partial charge in [-0.25, -0.2) is 0 Å². The molecule has 0 saturated carbocycles. The van der Waals surface area contributed by atoms with Crippen LogP contribution in [0.5, 0.6) is 0 Å². The zero-order chi connectivity index (χ0) is 11.7. The summed E-state index contributed by atoms with van der Waals surface area (Å²) in [5.74, 6) is 0.725. The second-order valence-corrected chi connectivity index (χ2v) is 5.61. The Balaban J connectivity index is 3.48. The van der Waals surface area contributed by atoms with Crippen LogP contribution in [0.1, 0.15) is 33.6 Å². The van der Waals surface area contributed by atoms with Crippen LogP contribution >= 0.6 is 15.9 Å². The summed E-state index contributed by atoms with van der Waals surface area (Å²) in [6, 6.07) is 0. The van der Waals surface area contributed by atoms with Gasteiger partial charge in [0.05, 0.1) is 13.2 Å². The lowest BCUT2D eigenvalue weighted by Gasteiger charge is -2.29. The summed E-state index contributed by atoms with van der Waals surface area (Å²) < 4.78 is 10.4. The first-order valence-electron chi connectivity index (χ1n) is 5.65. The summed E-state index contributed by atoms with van der Waals surface area (Å²) in [4.78, 5) is 0. The molecule has 0 aromatic carbocycles. The maximum atomic E-state index is 5.44. The Kier molecular flexibility index (Phi) is 8.77. The van der Waals surface area contributed by atoms with Gasteiger partial charge in [0.15, 0.2) is 0 Å². The van der Waals surface area contributed by atoms with Crippen molar-refractivity contribution < 1.29 is 9.47 Å². The van der Waals surface area contributed by atoms with Crippen molar-refractivity contribution in [3.63, 3.8) is 0 Å². The van der Waals surface area contributed by atoms with Gasteiger partial charge in [-0.1, -0.05) is 36.7 Å². The van der Waals surface area contributed by atoms with Gasteiger partial charge in [-0.3, -0.25) is 0 Å². The van der Waals surface area contributed by atoms with Crippen LogP contribution in [0.15, 0.2) is 0 Å². The van der Waals surface area contributed by atoms with E-state index in [-0.39, 0.29) is 0 Å². The van der Waals surface area contributed by atoms with Gasteiger partial charge < -0.3 is 9.47 Å². The van der Waals surface area contributed by atoms with Crippen LogP contribution in [0.4, 0.5) is 0 Å². The van der Waals surface area contributed by atoms with E-state index in [0.717, 1.165) is 24.3 Å². The number of ether oxygens (including phenoxy) is 2. The summed E-state index contributed by atoms with van der Waals surface area (Å²) in [6.07, 6.45) is 2.36. The second-order valence-electron chi connectivity index (χ2n) is 4.96. The van der Waals surface area contributed by atoms with Gasteiger partial charge in [-0.15, -0.1) is 0 Å². The van der Waals surface area contributed by atoms with Gasteiger partial charge in [-0.05, 0) is 24.2 Å². The van der Waals surface area contributed by atoms with Gasteiger partial charge >= 0.3 is 0 Å². The molecule has 15 heavy (non-hydrogen) atoms. The van der Waals surface area contributed by atoms with E-state index in [1.165, 1.54) is 6.42 Å². The van der Waals surface area contributed by atoms with Crippen molar-refractivity contribution in [3.05, 3.63) is 0 Å². The first kappa shape index (κ1) is 15.4. The third kappa shape index (κ3) is 8.23. The van der Waals surface area contributed by atoms with Crippen LogP contribution in [-0.4, -0.2) is 32.3 Å². The average molecular weight is 281 g/mol. The highest BCUT2D eigenvalue weighted by Crippen LogP contribution is 2.30. The van der Waals surface area contributed by atoms with E-state index < -0.39 is 0 Å². The largest absolute Gasteiger partial charge is 0.382 e. The standard InChI is InChI=1S/C12H25BrO2/c1-12(2,3)11(10-13)6-5-7-15-9-8-14-4/h11H,5-10H2,1-4H3. The fourth-order valence-electron chi connectivity index (χ4n) is 1.42. The van der Waals surface area contributed by atoms with Crippen molar-refractivity contribution >= 4 is 15.9 Å². The molecule has 0 fully saturated rings. The predicted octanol–water partition coefficient (Wildman–Crippen LogP) is 3.49. The van der Waals surface area contributed by atoms with Crippen molar-refractivity contribution in [2.24, 2.45) is 11.3 Å².